The average Bonchev–Trinajstić information content (AvgIpc) is 2.49. The van der Waals surface area contributed by atoms with Gasteiger partial charge in [-0.25, -0.2) is 8.78 Å². The third-order valence-electron chi connectivity index (χ3n) is 1.96. The zero-order valence-electron chi connectivity index (χ0n) is 7.57. The second-order valence-electron chi connectivity index (χ2n) is 3.24. The van der Waals surface area contributed by atoms with Gasteiger partial charge in [-0.1, -0.05) is 0 Å². The molecule has 0 aliphatic rings. The molecule has 0 bridgehead atoms. The van der Waals surface area contributed by atoms with Gasteiger partial charge in [-0.05, 0) is 6.92 Å². The molecule has 0 saturated heterocycles. The number of rotatable bonds is 2. The van der Waals surface area contributed by atoms with E-state index >= 15 is 0 Å². The molecule has 0 aliphatic carbocycles. The largest absolute Gasteiger partial charge is 0.433 e. The van der Waals surface area contributed by atoms with E-state index in [1.54, 1.807) is 5.10 Å². The van der Waals surface area contributed by atoms with Gasteiger partial charge in [-0.15, -0.1) is 0 Å². The van der Waals surface area contributed by atoms with Crippen molar-refractivity contribution in [1.29, 1.82) is 0 Å². The van der Waals surface area contributed by atoms with E-state index in [-0.39, 0.29) is 0 Å². The standard InChI is InChI=1S/C7H8F5N3/c1-6(13,5(8)9)3-2-14-15-4(3)7(10,11)12/h2,5H,13H2,1H3,(H,14,15). The maximum absolute atomic E-state index is 12.4. The normalized spacial score (nSPS) is 16.8. The molecule has 1 rings (SSSR count). The number of hydrogen-bond acceptors (Lipinski definition) is 2. The molecule has 0 fully saturated rings. The molecule has 0 aromatic carbocycles. The van der Waals surface area contributed by atoms with Crippen molar-refractivity contribution in [2.24, 2.45) is 5.73 Å². The highest BCUT2D eigenvalue weighted by Crippen LogP contribution is 2.36. The first-order valence-corrected chi connectivity index (χ1v) is 3.85. The summed E-state index contributed by atoms with van der Waals surface area (Å²) in [6, 6.07) is 0. The number of nitrogens with zero attached hydrogens (tertiary/aromatic N) is 1. The zero-order valence-corrected chi connectivity index (χ0v) is 7.57. The number of hydrogen-bond donors (Lipinski definition) is 2. The van der Waals surface area contributed by atoms with Crippen LogP contribution in [0.2, 0.25) is 0 Å². The van der Waals surface area contributed by atoms with E-state index in [0.717, 1.165) is 6.92 Å². The van der Waals surface area contributed by atoms with E-state index in [9.17, 15) is 22.0 Å². The summed E-state index contributed by atoms with van der Waals surface area (Å²) in [4.78, 5) is 0. The summed E-state index contributed by atoms with van der Waals surface area (Å²) in [5, 5.41) is 4.70. The minimum absolute atomic E-state index is 0.662. The molecule has 1 unspecified atom stereocenters. The van der Waals surface area contributed by atoms with Crippen molar-refractivity contribution in [3.63, 3.8) is 0 Å². The van der Waals surface area contributed by atoms with Crippen LogP contribution in [0.5, 0.6) is 0 Å². The molecule has 1 atom stereocenters. The number of aromatic amines is 1. The Morgan fingerprint density at radius 2 is 1.93 bits per heavy atom. The summed E-state index contributed by atoms with van der Waals surface area (Å²) in [5.41, 5.74) is 0.650. The predicted molar refractivity (Wildman–Crippen MR) is 41.1 cm³/mol. The fourth-order valence-electron chi connectivity index (χ4n) is 1.03. The number of halogens is 5. The van der Waals surface area contributed by atoms with E-state index in [1.807, 2.05) is 0 Å². The van der Waals surface area contributed by atoms with Gasteiger partial charge in [-0.3, -0.25) is 5.10 Å². The highest BCUT2D eigenvalue weighted by atomic mass is 19.4. The van der Waals surface area contributed by atoms with Crippen molar-refractivity contribution < 1.29 is 22.0 Å². The Kier molecular flexibility index (Phi) is 2.73. The van der Waals surface area contributed by atoms with Crippen molar-refractivity contribution in [2.75, 3.05) is 0 Å². The van der Waals surface area contributed by atoms with Crippen LogP contribution in [0.3, 0.4) is 0 Å². The minimum atomic E-state index is -4.78. The van der Waals surface area contributed by atoms with Gasteiger partial charge in [0.15, 0.2) is 0 Å². The van der Waals surface area contributed by atoms with Crippen molar-refractivity contribution in [2.45, 2.75) is 25.1 Å². The van der Waals surface area contributed by atoms with Gasteiger partial charge in [0.2, 0.25) is 0 Å². The van der Waals surface area contributed by atoms with Gasteiger partial charge in [0, 0.05) is 5.56 Å². The van der Waals surface area contributed by atoms with Gasteiger partial charge in [0.25, 0.3) is 6.43 Å². The molecular formula is C7H8F5N3. The quantitative estimate of drug-likeness (QED) is 0.760. The molecular weight excluding hydrogens is 221 g/mol. The molecule has 0 saturated carbocycles. The summed E-state index contributed by atoms with van der Waals surface area (Å²) in [6.45, 7) is 0.817. The van der Waals surface area contributed by atoms with E-state index in [0.29, 0.717) is 6.20 Å². The SMILES string of the molecule is CC(N)(c1cn[nH]c1C(F)(F)F)C(F)F. The monoisotopic (exact) mass is 229 g/mol. The van der Waals surface area contributed by atoms with Crippen molar-refractivity contribution in [1.82, 2.24) is 10.2 Å². The minimum Gasteiger partial charge on any atom is -0.317 e. The molecule has 0 aliphatic heterocycles. The number of nitrogens with one attached hydrogen (secondary N) is 1. The highest BCUT2D eigenvalue weighted by molar-refractivity contribution is 5.28. The van der Waals surface area contributed by atoms with Crippen LogP contribution < -0.4 is 5.73 Å². The third kappa shape index (κ3) is 2.09. The molecule has 3 N–H and O–H groups in total. The zero-order chi connectivity index (χ0) is 11.9. The fraction of sp³-hybridized carbons (Fsp3) is 0.571. The Labute approximate surface area is 81.5 Å². The van der Waals surface area contributed by atoms with Gasteiger partial charge in [-0.2, -0.15) is 18.3 Å². The average molecular weight is 229 g/mol. The van der Waals surface area contributed by atoms with Crippen LogP contribution in [0.1, 0.15) is 18.2 Å². The number of alkyl halides is 5. The maximum atomic E-state index is 12.4. The molecule has 8 heteroatoms. The van der Waals surface area contributed by atoms with Crippen LogP contribution in [0.25, 0.3) is 0 Å². The van der Waals surface area contributed by atoms with E-state index in [2.05, 4.69) is 5.10 Å². The van der Waals surface area contributed by atoms with Gasteiger partial charge >= 0.3 is 6.18 Å². The second kappa shape index (κ2) is 3.44. The number of nitrogens with two attached hydrogens (primary N) is 1. The van der Waals surface area contributed by atoms with E-state index in [4.69, 9.17) is 5.73 Å². The molecule has 1 heterocycles. The Balaban J connectivity index is 3.22. The first-order chi connectivity index (χ1) is 6.67. The molecule has 0 amide bonds. The van der Waals surface area contributed by atoms with E-state index in [1.165, 1.54) is 0 Å². The molecule has 1 aromatic heterocycles. The van der Waals surface area contributed by atoms with Crippen LogP contribution in [0, 0.1) is 0 Å². The lowest BCUT2D eigenvalue weighted by molar-refractivity contribution is -0.142. The van der Waals surface area contributed by atoms with Crippen LogP contribution >= 0.6 is 0 Å². The second-order valence-corrected chi connectivity index (χ2v) is 3.24. The predicted octanol–water partition coefficient (Wildman–Crippen LogP) is 1.87. The van der Waals surface area contributed by atoms with Crippen molar-refractivity contribution >= 4 is 0 Å². The first kappa shape index (κ1) is 11.9. The molecule has 86 valence electrons. The van der Waals surface area contributed by atoms with Crippen LogP contribution in [-0.4, -0.2) is 16.6 Å². The Morgan fingerprint density at radius 1 is 1.40 bits per heavy atom. The molecule has 3 nitrogen and oxygen atoms in total. The summed E-state index contributed by atoms with van der Waals surface area (Å²) < 4.78 is 61.7. The topological polar surface area (TPSA) is 54.7 Å². The Hall–Kier alpha value is -1.18. The number of H-pyrrole nitrogens is 1. The fourth-order valence-corrected chi connectivity index (χ4v) is 1.03. The molecule has 1 aromatic rings. The lowest BCUT2D eigenvalue weighted by Gasteiger charge is -2.24. The van der Waals surface area contributed by atoms with Crippen molar-refractivity contribution in [3.05, 3.63) is 17.5 Å². The van der Waals surface area contributed by atoms with Gasteiger partial charge < -0.3 is 5.73 Å². The Bertz CT molecular complexity index is 341. The van der Waals surface area contributed by atoms with Crippen LogP contribution in [0.4, 0.5) is 22.0 Å². The summed E-state index contributed by atoms with van der Waals surface area (Å²) in [6.07, 6.45) is -7.23. The lowest BCUT2D eigenvalue weighted by atomic mass is 9.94. The first-order valence-electron chi connectivity index (χ1n) is 3.85. The summed E-state index contributed by atoms with van der Waals surface area (Å²) >= 11 is 0. The number of aromatic nitrogens is 2. The molecule has 0 spiro atoms. The smallest absolute Gasteiger partial charge is 0.317 e. The Morgan fingerprint density at radius 3 is 2.33 bits per heavy atom. The molecule has 0 radical (unpaired) electrons. The van der Waals surface area contributed by atoms with Gasteiger partial charge in [0.05, 0.1) is 6.20 Å². The summed E-state index contributed by atoms with van der Waals surface area (Å²) in [5.74, 6) is 0. The third-order valence-corrected chi connectivity index (χ3v) is 1.96. The maximum Gasteiger partial charge on any atom is 0.433 e. The lowest BCUT2D eigenvalue weighted by Crippen LogP contribution is -2.41. The van der Waals surface area contributed by atoms with Crippen LogP contribution in [-0.2, 0) is 11.7 Å². The highest BCUT2D eigenvalue weighted by Gasteiger charge is 2.43. The summed E-state index contributed by atoms with van der Waals surface area (Å²) in [7, 11) is 0. The van der Waals surface area contributed by atoms with Crippen LogP contribution in [0.15, 0.2) is 6.20 Å². The van der Waals surface area contributed by atoms with Crippen molar-refractivity contribution in [3.8, 4) is 0 Å². The van der Waals surface area contributed by atoms with E-state index < -0.39 is 29.4 Å². The molecule has 15 heavy (non-hydrogen) atoms. The van der Waals surface area contributed by atoms with Gasteiger partial charge in [0.1, 0.15) is 11.2 Å².